The molecule has 1 atom stereocenters. The van der Waals surface area contributed by atoms with E-state index in [1.54, 1.807) is 0 Å². The molecule has 0 amide bonds. The van der Waals surface area contributed by atoms with Crippen LogP contribution in [0.1, 0.15) is 72.1 Å². The Balaban J connectivity index is 2.44. The van der Waals surface area contributed by atoms with E-state index >= 15 is 0 Å². The van der Waals surface area contributed by atoms with Gasteiger partial charge in [-0.15, -0.1) is 0 Å². The van der Waals surface area contributed by atoms with Gasteiger partial charge in [-0.05, 0) is 37.6 Å². The van der Waals surface area contributed by atoms with Crippen molar-refractivity contribution in [2.75, 3.05) is 6.54 Å². The van der Waals surface area contributed by atoms with E-state index in [1.807, 2.05) is 0 Å². The maximum absolute atomic E-state index is 3.75. The molecule has 1 unspecified atom stereocenters. The molecule has 96 valence electrons. The second-order valence-corrected chi connectivity index (χ2v) is 5.48. The summed E-state index contributed by atoms with van der Waals surface area (Å²) in [6, 6.07) is 0.801. The van der Waals surface area contributed by atoms with Crippen molar-refractivity contribution in [2.45, 2.75) is 78.2 Å². The van der Waals surface area contributed by atoms with Gasteiger partial charge < -0.3 is 5.32 Å². The van der Waals surface area contributed by atoms with Gasteiger partial charge in [-0.25, -0.2) is 0 Å². The monoisotopic (exact) mass is 225 g/mol. The molecular formula is C15H31N. The van der Waals surface area contributed by atoms with Gasteiger partial charge in [-0.3, -0.25) is 0 Å². The smallest absolute Gasteiger partial charge is 0.00978 e. The van der Waals surface area contributed by atoms with Crippen molar-refractivity contribution in [1.29, 1.82) is 0 Å². The molecule has 1 aliphatic rings. The average molecular weight is 225 g/mol. The van der Waals surface area contributed by atoms with E-state index in [-0.39, 0.29) is 0 Å². The zero-order chi connectivity index (χ0) is 11.8. The van der Waals surface area contributed by atoms with Gasteiger partial charge in [0.2, 0.25) is 0 Å². The van der Waals surface area contributed by atoms with Gasteiger partial charge in [-0.1, -0.05) is 52.9 Å². The van der Waals surface area contributed by atoms with Gasteiger partial charge in [0.05, 0.1) is 0 Å². The zero-order valence-corrected chi connectivity index (χ0v) is 11.6. The highest BCUT2D eigenvalue weighted by Crippen LogP contribution is 2.30. The molecule has 1 aliphatic carbocycles. The zero-order valence-electron chi connectivity index (χ0n) is 11.6. The standard InChI is InChI=1S/C15H31N/c1-4-13(5-2)12-15(16-6-3)14-10-8-7-9-11-14/h13-16H,4-12H2,1-3H3. The minimum absolute atomic E-state index is 0.801. The fraction of sp³-hybridized carbons (Fsp3) is 1.00. The summed E-state index contributed by atoms with van der Waals surface area (Å²) in [5.41, 5.74) is 0. The summed E-state index contributed by atoms with van der Waals surface area (Å²) in [6.07, 6.45) is 11.5. The predicted octanol–water partition coefficient (Wildman–Crippen LogP) is 4.37. The molecule has 0 bridgehead atoms. The van der Waals surface area contributed by atoms with Gasteiger partial charge in [0.25, 0.3) is 0 Å². The number of hydrogen-bond acceptors (Lipinski definition) is 1. The molecule has 0 aromatic heterocycles. The van der Waals surface area contributed by atoms with Crippen molar-refractivity contribution >= 4 is 0 Å². The highest BCUT2D eigenvalue weighted by atomic mass is 14.9. The lowest BCUT2D eigenvalue weighted by Crippen LogP contribution is -2.38. The molecular weight excluding hydrogens is 194 g/mol. The van der Waals surface area contributed by atoms with Crippen molar-refractivity contribution in [3.05, 3.63) is 0 Å². The van der Waals surface area contributed by atoms with Gasteiger partial charge >= 0.3 is 0 Å². The number of nitrogens with one attached hydrogen (secondary N) is 1. The van der Waals surface area contributed by atoms with Crippen LogP contribution in [0.5, 0.6) is 0 Å². The Kier molecular flexibility index (Phi) is 7.11. The van der Waals surface area contributed by atoms with E-state index < -0.39 is 0 Å². The molecule has 0 saturated heterocycles. The Hall–Kier alpha value is -0.0400. The number of hydrogen-bond donors (Lipinski definition) is 1. The summed E-state index contributed by atoms with van der Waals surface area (Å²) in [7, 11) is 0. The summed E-state index contributed by atoms with van der Waals surface area (Å²) >= 11 is 0. The Bertz CT molecular complexity index is 157. The topological polar surface area (TPSA) is 12.0 Å². The molecule has 0 radical (unpaired) electrons. The lowest BCUT2D eigenvalue weighted by molar-refractivity contribution is 0.231. The number of rotatable bonds is 7. The van der Waals surface area contributed by atoms with E-state index in [4.69, 9.17) is 0 Å². The van der Waals surface area contributed by atoms with E-state index in [2.05, 4.69) is 26.1 Å². The molecule has 0 heterocycles. The SMILES string of the molecule is CCNC(CC(CC)CC)C1CCCCC1. The maximum atomic E-state index is 3.75. The molecule has 0 spiro atoms. The van der Waals surface area contributed by atoms with E-state index in [1.165, 1.54) is 51.4 Å². The van der Waals surface area contributed by atoms with Crippen molar-refractivity contribution in [3.63, 3.8) is 0 Å². The van der Waals surface area contributed by atoms with Gasteiger partial charge in [0.15, 0.2) is 0 Å². The van der Waals surface area contributed by atoms with E-state index in [0.717, 1.165) is 24.4 Å². The summed E-state index contributed by atoms with van der Waals surface area (Å²) in [6.45, 7) is 8.08. The first kappa shape index (κ1) is 14.0. The predicted molar refractivity (Wildman–Crippen MR) is 72.7 cm³/mol. The van der Waals surface area contributed by atoms with Crippen LogP contribution in [0.3, 0.4) is 0 Å². The molecule has 1 heteroatoms. The minimum atomic E-state index is 0.801. The normalized spacial score (nSPS) is 20.2. The van der Waals surface area contributed by atoms with Gasteiger partial charge in [0, 0.05) is 6.04 Å². The third kappa shape index (κ3) is 4.45. The fourth-order valence-electron chi connectivity index (χ4n) is 3.22. The minimum Gasteiger partial charge on any atom is -0.314 e. The lowest BCUT2D eigenvalue weighted by Gasteiger charge is -2.33. The van der Waals surface area contributed by atoms with Crippen molar-refractivity contribution in [2.24, 2.45) is 11.8 Å². The fourth-order valence-corrected chi connectivity index (χ4v) is 3.22. The van der Waals surface area contributed by atoms with Crippen molar-refractivity contribution in [1.82, 2.24) is 5.32 Å². The van der Waals surface area contributed by atoms with Crippen molar-refractivity contribution in [3.8, 4) is 0 Å². The molecule has 1 saturated carbocycles. The molecule has 1 nitrogen and oxygen atoms in total. The average Bonchev–Trinajstić information content (AvgIpc) is 2.35. The molecule has 16 heavy (non-hydrogen) atoms. The van der Waals surface area contributed by atoms with Crippen LogP contribution in [0.2, 0.25) is 0 Å². The van der Waals surface area contributed by atoms with Crippen LogP contribution in [0.25, 0.3) is 0 Å². The van der Waals surface area contributed by atoms with E-state index in [0.29, 0.717) is 0 Å². The summed E-state index contributed by atoms with van der Waals surface area (Å²) in [4.78, 5) is 0. The molecule has 1 fully saturated rings. The molecule has 0 aromatic carbocycles. The summed E-state index contributed by atoms with van der Waals surface area (Å²) in [5, 5.41) is 3.75. The first-order chi connectivity index (χ1) is 7.81. The Morgan fingerprint density at radius 2 is 1.62 bits per heavy atom. The first-order valence-corrected chi connectivity index (χ1v) is 7.55. The van der Waals surface area contributed by atoms with Gasteiger partial charge in [0.1, 0.15) is 0 Å². The van der Waals surface area contributed by atoms with E-state index in [9.17, 15) is 0 Å². The molecule has 1 rings (SSSR count). The molecule has 0 aliphatic heterocycles. The van der Waals surface area contributed by atoms with Crippen LogP contribution in [0.15, 0.2) is 0 Å². The Morgan fingerprint density at radius 1 is 1.00 bits per heavy atom. The van der Waals surface area contributed by atoms with Crippen molar-refractivity contribution < 1.29 is 0 Å². The van der Waals surface area contributed by atoms with Crippen LogP contribution >= 0.6 is 0 Å². The largest absolute Gasteiger partial charge is 0.314 e. The summed E-state index contributed by atoms with van der Waals surface area (Å²) in [5.74, 6) is 1.90. The lowest BCUT2D eigenvalue weighted by atomic mass is 9.79. The Labute approximate surface area is 102 Å². The van der Waals surface area contributed by atoms with Crippen LogP contribution in [-0.2, 0) is 0 Å². The highest BCUT2D eigenvalue weighted by molar-refractivity contribution is 4.80. The van der Waals surface area contributed by atoms with Crippen LogP contribution in [-0.4, -0.2) is 12.6 Å². The van der Waals surface area contributed by atoms with Gasteiger partial charge in [-0.2, -0.15) is 0 Å². The first-order valence-electron chi connectivity index (χ1n) is 7.55. The molecule has 0 aromatic rings. The maximum Gasteiger partial charge on any atom is 0.00978 e. The summed E-state index contributed by atoms with van der Waals surface area (Å²) < 4.78 is 0. The van der Waals surface area contributed by atoms with Crippen LogP contribution in [0, 0.1) is 11.8 Å². The second kappa shape index (κ2) is 8.11. The second-order valence-electron chi connectivity index (χ2n) is 5.48. The quantitative estimate of drug-likeness (QED) is 0.678. The van der Waals surface area contributed by atoms with Crippen LogP contribution in [0.4, 0.5) is 0 Å². The third-order valence-electron chi connectivity index (χ3n) is 4.43. The Morgan fingerprint density at radius 3 is 2.12 bits per heavy atom. The third-order valence-corrected chi connectivity index (χ3v) is 4.43. The molecule has 1 N–H and O–H groups in total. The highest BCUT2D eigenvalue weighted by Gasteiger charge is 2.24. The van der Waals surface area contributed by atoms with Crippen LogP contribution < -0.4 is 5.32 Å².